The third kappa shape index (κ3) is 1.63. The van der Waals surface area contributed by atoms with Gasteiger partial charge >= 0.3 is 0 Å². The zero-order valence-corrected chi connectivity index (χ0v) is 5.40. The Balaban J connectivity index is 2.48. The molecule has 0 aromatic carbocycles. The highest BCUT2D eigenvalue weighted by atomic mass is 16.1. The highest BCUT2D eigenvalue weighted by molar-refractivity contribution is 5.79. The molecule has 1 heterocycles. The molecule has 10 heavy (non-hydrogen) atoms. The number of hydrogen-bond acceptors (Lipinski definition) is 4. The number of Topliss-reactive ketones (excluding diaryl/α,β-unsaturated/α-hetero) is 1. The van der Waals surface area contributed by atoms with Crippen molar-refractivity contribution in [3.63, 3.8) is 0 Å². The average molecular weight is 140 g/mol. The topological polar surface area (TPSA) is 73.8 Å². The predicted molar refractivity (Wildman–Crippen MR) is 34.1 cm³/mol. The molecule has 0 unspecified atom stereocenters. The molecular formula is C5H8N4O. The fourth-order valence-corrected chi connectivity index (χ4v) is 0.560. The number of ketones is 1. The Morgan fingerprint density at radius 2 is 2.50 bits per heavy atom. The van der Waals surface area contributed by atoms with E-state index in [4.69, 9.17) is 5.73 Å². The summed E-state index contributed by atoms with van der Waals surface area (Å²) in [7, 11) is 0. The van der Waals surface area contributed by atoms with Crippen LogP contribution in [0.4, 0.5) is 0 Å². The Morgan fingerprint density at radius 3 is 3.00 bits per heavy atom. The molecule has 1 aromatic rings. The molecule has 1 rings (SSSR count). The van der Waals surface area contributed by atoms with Crippen LogP contribution in [0.1, 0.15) is 0 Å². The van der Waals surface area contributed by atoms with Crippen molar-refractivity contribution in [2.75, 3.05) is 6.54 Å². The second-order valence-corrected chi connectivity index (χ2v) is 1.84. The van der Waals surface area contributed by atoms with Gasteiger partial charge in [-0.05, 0) is 0 Å². The van der Waals surface area contributed by atoms with Crippen LogP contribution in [0, 0.1) is 0 Å². The van der Waals surface area contributed by atoms with E-state index in [1.54, 1.807) is 0 Å². The molecule has 0 fully saturated rings. The van der Waals surface area contributed by atoms with Crippen molar-refractivity contribution in [1.29, 1.82) is 0 Å². The minimum atomic E-state index is -0.0505. The van der Waals surface area contributed by atoms with Crippen LogP contribution >= 0.6 is 0 Å². The van der Waals surface area contributed by atoms with E-state index in [9.17, 15) is 4.79 Å². The lowest BCUT2D eigenvalue weighted by Gasteiger charge is -1.94. The van der Waals surface area contributed by atoms with Gasteiger partial charge in [0, 0.05) is 0 Å². The van der Waals surface area contributed by atoms with Gasteiger partial charge in [0.05, 0.1) is 6.54 Å². The SMILES string of the molecule is NCC(=O)Cn1cncn1. The van der Waals surface area contributed by atoms with Crippen molar-refractivity contribution in [3.8, 4) is 0 Å². The van der Waals surface area contributed by atoms with Gasteiger partial charge in [-0.1, -0.05) is 0 Å². The molecule has 0 aliphatic heterocycles. The minimum absolute atomic E-state index is 0.0505. The molecular weight excluding hydrogens is 132 g/mol. The van der Waals surface area contributed by atoms with Gasteiger partial charge in [0.1, 0.15) is 19.2 Å². The van der Waals surface area contributed by atoms with E-state index < -0.39 is 0 Å². The maximum atomic E-state index is 10.7. The third-order valence-corrected chi connectivity index (χ3v) is 1.03. The molecule has 2 N–H and O–H groups in total. The van der Waals surface area contributed by atoms with Crippen LogP contribution in [0.3, 0.4) is 0 Å². The molecule has 0 amide bonds. The van der Waals surface area contributed by atoms with Crippen LogP contribution in [-0.2, 0) is 11.3 Å². The summed E-state index contributed by atoms with van der Waals surface area (Å²) in [6, 6.07) is 0. The van der Waals surface area contributed by atoms with Crippen molar-refractivity contribution >= 4 is 5.78 Å². The predicted octanol–water partition coefficient (Wildman–Crippen LogP) is -1.19. The zero-order chi connectivity index (χ0) is 7.40. The Morgan fingerprint density at radius 1 is 1.70 bits per heavy atom. The Bertz CT molecular complexity index is 205. The van der Waals surface area contributed by atoms with E-state index in [2.05, 4.69) is 10.1 Å². The lowest BCUT2D eigenvalue weighted by Crippen LogP contribution is -2.19. The molecule has 0 saturated carbocycles. The normalized spacial score (nSPS) is 9.70. The molecule has 0 spiro atoms. The lowest BCUT2D eigenvalue weighted by atomic mass is 10.4. The largest absolute Gasteiger partial charge is 0.324 e. The van der Waals surface area contributed by atoms with Crippen molar-refractivity contribution in [3.05, 3.63) is 12.7 Å². The molecule has 0 bridgehead atoms. The summed E-state index contributed by atoms with van der Waals surface area (Å²) >= 11 is 0. The first-order valence-electron chi connectivity index (χ1n) is 2.87. The van der Waals surface area contributed by atoms with E-state index in [0.29, 0.717) is 0 Å². The number of aromatic nitrogens is 3. The van der Waals surface area contributed by atoms with Crippen molar-refractivity contribution < 1.29 is 4.79 Å². The number of hydrogen-bond donors (Lipinski definition) is 1. The molecule has 1 aromatic heterocycles. The summed E-state index contributed by atoms with van der Waals surface area (Å²) in [5.74, 6) is -0.0505. The highest BCUT2D eigenvalue weighted by Gasteiger charge is 1.98. The second-order valence-electron chi connectivity index (χ2n) is 1.84. The Labute approximate surface area is 57.9 Å². The van der Waals surface area contributed by atoms with Gasteiger partial charge in [-0.15, -0.1) is 0 Å². The molecule has 0 aliphatic carbocycles. The van der Waals surface area contributed by atoms with Gasteiger partial charge < -0.3 is 5.73 Å². The van der Waals surface area contributed by atoms with Gasteiger partial charge in [-0.2, -0.15) is 5.10 Å². The third-order valence-electron chi connectivity index (χ3n) is 1.03. The maximum Gasteiger partial charge on any atom is 0.167 e. The molecule has 54 valence electrons. The number of rotatable bonds is 3. The van der Waals surface area contributed by atoms with Gasteiger partial charge in [0.15, 0.2) is 5.78 Å². The first-order chi connectivity index (χ1) is 4.83. The van der Waals surface area contributed by atoms with Crippen LogP contribution < -0.4 is 5.73 Å². The van der Waals surface area contributed by atoms with Crippen molar-refractivity contribution in [1.82, 2.24) is 14.8 Å². The summed E-state index contributed by atoms with van der Waals surface area (Å²) in [5, 5.41) is 3.73. The molecule has 0 radical (unpaired) electrons. The van der Waals surface area contributed by atoms with Gasteiger partial charge in [-0.25, -0.2) is 9.67 Å². The van der Waals surface area contributed by atoms with E-state index >= 15 is 0 Å². The zero-order valence-electron chi connectivity index (χ0n) is 5.40. The van der Waals surface area contributed by atoms with Crippen LogP contribution in [0.25, 0.3) is 0 Å². The van der Waals surface area contributed by atoms with E-state index in [-0.39, 0.29) is 18.9 Å². The number of nitrogens with two attached hydrogens (primary N) is 1. The molecule has 0 atom stereocenters. The summed E-state index contributed by atoms with van der Waals surface area (Å²) in [6.07, 6.45) is 2.86. The first kappa shape index (κ1) is 6.88. The van der Waals surface area contributed by atoms with Crippen molar-refractivity contribution in [2.24, 2.45) is 5.73 Å². The van der Waals surface area contributed by atoms with Crippen LogP contribution in [0.2, 0.25) is 0 Å². The standard InChI is InChI=1S/C5H8N4O/c6-1-5(10)2-9-4-7-3-8-9/h3-4H,1-2,6H2. The Hall–Kier alpha value is -1.23. The summed E-state index contributed by atoms with van der Waals surface area (Å²) < 4.78 is 1.44. The number of nitrogens with zero attached hydrogens (tertiary/aromatic N) is 3. The van der Waals surface area contributed by atoms with E-state index in [0.717, 1.165) is 0 Å². The van der Waals surface area contributed by atoms with Crippen LogP contribution in [0.5, 0.6) is 0 Å². The number of carbonyl (C=O) groups excluding carboxylic acids is 1. The fraction of sp³-hybridized carbons (Fsp3) is 0.400. The summed E-state index contributed by atoms with van der Waals surface area (Å²) in [5.41, 5.74) is 5.08. The van der Waals surface area contributed by atoms with Crippen molar-refractivity contribution in [2.45, 2.75) is 6.54 Å². The quantitative estimate of drug-likeness (QED) is 0.572. The fourth-order valence-electron chi connectivity index (χ4n) is 0.560. The monoisotopic (exact) mass is 140 g/mol. The van der Waals surface area contributed by atoms with E-state index in [1.807, 2.05) is 0 Å². The minimum Gasteiger partial charge on any atom is -0.324 e. The Kier molecular flexibility index (Phi) is 2.11. The van der Waals surface area contributed by atoms with Gasteiger partial charge in [0.25, 0.3) is 0 Å². The number of carbonyl (C=O) groups is 1. The lowest BCUT2D eigenvalue weighted by molar-refractivity contribution is -0.118. The smallest absolute Gasteiger partial charge is 0.167 e. The molecule has 5 nitrogen and oxygen atoms in total. The van der Waals surface area contributed by atoms with Crippen LogP contribution in [-0.4, -0.2) is 27.1 Å². The molecule has 0 saturated heterocycles. The van der Waals surface area contributed by atoms with Crippen LogP contribution in [0.15, 0.2) is 12.7 Å². The second kappa shape index (κ2) is 3.07. The van der Waals surface area contributed by atoms with Gasteiger partial charge in [0.2, 0.25) is 0 Å². The summed E-state index contributed by atoms with van der Waals surface area (Å²) in [4.78, 5) is 14.3. The first-order valence-corrected chi connectivity index (χ1v) is 2.87. The maximum absolute atomic E-state index is 10.7. The summed E-state index contributed by atoms with van der Waals surface area (Å²) in [6.45, 7) is 0.274. The van der Waals surface area contributed by atoms with E-state index in [1.165, 1.54) is 17.3 Å². The molecule has 5 heteroatoms. The molecule has 0 aliphatic rings. The highest BCUT2D eigenvalue weighted by Crippen LogP contribution is 1.79. The average Bonchev–Trinajstić information content (AvgIpc) is 2.40. The van der Waals surface area contributed by atoms with Gasteiger partial charge in [-0.3, -0.25) is 4.79 Å².